The monoisotopic (exact) mass is 257 g/mol. The highest BCUT2D eigenvalue weighted by atomic mass is 19.1. The molecule has 0 radical (unpaired) electrons. The summed E-state index contributed by atoms with van der Waals surface area (Å²) in [4.78, 5) is 0. The molecule has 0 aliphatic heterocycles. The minimum atomic E-state index is 0.0841. The van der Waals surface area contributed by atoms with Gasteiger partial charge in [0.05, 0.1) is 17.5 Å². The second-order valence-electron chi connectivity index (χ2n) is 5.28. The van der Waals surface area contributed by atoms with Crippen LogP contribution in [0.25, 0.3) is 0 Å². The molecule has 0 atom stereocenters. The van der Waals surface area contributed by atoms with E-state index in [2.05, 4.69) is 6.07 Å². The SMILES string of the molecule is CC/C=C(\F)C1CCC(c2ccc(C#N)cc2)CC1. The summed E-state index contributed by atoms with van der Waals surface area (Å²) in [6.07, 6.45) is 6.46. The topological polar surface area (TPSA) is 23.8 Å². The Hall–Kier alpha value is -1.62. The largest absolute Gasteiger partial charge is 0.212 e. The zero-order valence-electron chi connectivity index (χ0n) is 11.4. The third kappa shape index (κ3) is 3.44. The molecule has 19 heavy (non-hydrogen) atoms. The summed E-state index contributed by atoms with van der Waals surface area (Å²) in [5.41, 5.74) is 1.99. The van der Waals surface area contributed by atoms with Gasteiger partial charge >= 0.3 is 0 Å². The van der Waals surface area contributed by atoms with Gasteiger partial charge in [0.25, 0.3) is 0 Å². The van der Waals surface area contributed by atoms with Gasteiger partial charge < -0.3 is 0 Å². The molecule has 1 fully saturated rings. The average Bonchev–Trinajstić information content (AvgIpc) is 2.48. The predicted octanol–water partition coefficient (Wildman–Crippen LogP) is 5.10. The third-order valence-corrected chi connectivity index (χ3v) is 4.03. The van der Waals surface area contributed by atoms with Crippen LogP contribution >= 0.6 is 0 Å². The van der Waals surface area contributed by atoms with Gasteiger partial charge in [-0.3, -0.25) is 0 Å². The van der Waals surface area contributed by atoms with E-state index >= 15 is 0 Å². The number of hydrogen-bond acceptors (Lipinski definition) is 1. The van der Waals surface area contributed by atoms with Crippen molar-refractivity contribution in [1.82, 2.24) is 0 Å². The van der Waals surface area contributed by atoms with Crippen LogP contribution in [0.15, 0.2) is 36.2 Å². The highest BCUT2D eigenvalue weighted by Crippen LogP contribution is 2.39. The number of hydrogen-bond donors (Lipinski definition) is 0. The lowest BCUT2D eigenvalue weighted by Gasteiger charge is -2.28. The van der Waals surface area contributed by atoms with Gasteiger partial charge in [-0.1, -0.05) is 25.1 Å². The standard InChI is InChI=1S/C17H20FN/c1-2-3-17(18)16-10-8-15(9-11-16)14-6-4-13(12-19)5-7-14/h3-7,15-16H,2,8-11H2,1H3/b17-3-. The van der Waals surface area contributed by atoms with Crippen LogP contribution in [0.2, 0.25) is 0 Å². The normalized spacial score (nSPS) is 23.9. The number of benzene rings is 1. The lowest BCUT2D eigenvalue weighted by molar-refractivity contribution is 0.319. The summed E-state index contributed by atoms with van der Waals surface area (Å²) in [6.45, 7) is 1.97. The fourth-order valence-corrected chi connectivity index (χ4v) is 2.89. The minimum Gasteiger partial charge on any atom is -0.212 e. The molecule has 0 heterocycles. The molecule has 1 saturated carbocycles. The Morgan fingerprint density at radius 1 is 1.26 bits per heavy atom. The number of allylic oxidation sites excluding steroid dienone is 2. The lowest BCUT2D eigenvalue weighted by atomic mass is 9.78. The highest BCUT2D eigenvalue weighted by Gasteiger charge is 2.24. The minimum absolute atomic E-state index is 0.0841. The molecule has 1 aromatic rings. The molecule has 0 aromatic heterocycles. The van der Waals surface area contributed by atoms with E-state index in [0.717, 1.165) is 32.1 Å². The average molecular weight is 257 g/mol. The molecule has 0 spiro atoms. The van der Waals surface area contributed by atoms with Crippen molar-refractivity contribution in [1.29, 1.82) is 5.26 Å². The third-order valence-electron chi connectivity index (χ3n) is 4.03. The maximum Gasteiger partial charge on any atom is 0.0991 e. The van der Waals surface area contributed by atoms with E-state index in [0.29, 0.717) is 11.5 Å². The fraction of sp³-hybridized carbons (Fsp3) is 0.471. The van der Waals surface area contributed by atoms with E-state index in [-0.39, 0.29) is 11.7 Å². The van der Waals surface area contributed by atoms with Crippen molar-refractivity contribution in [2.75, 3.05) is 0 Å². The van der Waals surface area contributed by atoms with Gasteiger partial charge in [-0.25, -0.2) is 4.39 Å². The van der Waals surface area contributed by atoms with Gasteiger partial charge in [0.1, 0.15) is 0 Å². The van der Waals surface area contributed by atoms with Crippen molar-refractivity contribution in [2.45, 2.75) is 44.9 Å². The van der Waals surface area contributed by atoms with Crippen LogP contribution in [-0.4, -0.2) is 0 Å². The molecule has 0 saturated heterocycles. The van der Waals surface area contributed by atoms with Crippen molar-refractivity contribution in [3.8, 4) is 6.07 Å². The quantitative estimate of drug-likeness (QED) is 0.739. The number of nitrogens with zero attached hydrogens (tertiary/aromatic N) is 1. The molecule has 0 bridgehead atoms. The second kappa shape index (κ2) is 6.52. The molecular formula is C17H20FN. The van der Waals surface area contributed by atoms with E-state index in [1.807, 2.05) is 31.2 Å². The van der Waals surface area contributed by atoms with Crippen LogP contribution in [0.3, 0.4) is 0 Å². The summed E-state index contributed by atoms with van der Waals surface area (Å²) >= 11 is 0. The van der Waals surface area contributed by atoms with Crippen LogP contribution in [0, 0.1) is 17.2 Å². The zero-order valence-corrected chi connectivity index (χ0v) is 11.4. The Morgan fingerprint density at radius 2 is 1.89 bits per heavy atom. The van der Waals surface area contributed by atoms with Gasteiger partial charge in [-0.2, -0.15) is 5.26 Å². The van der Waals surface area contributed by atoms with Crippen molar-refractivity contribution in [2.24, 2.45) is 5.92 Å². The van der Waals surface area contributed by atoms with Crippen LogP contribution in [0.5, 0.6) is 0 Å². The first-order valence-electron chi connectivity index (χ1n) is 7.10. The Labute approximate surface area is 114 Å². The molecule has 2 rings (SSSR count). The lowest BCUT2D eigenvalue weighted by Crippen LogP contribution is -2.13. The first kappa shape index (κ1) is 13.8. The molecule has 1 nitrogen and oxygen atoms in total. The van der Waals surface area contributed by atoms with Crippen LogP contribution in [0.1, 0.15) is 56.1 Å². The van der Waals surface area contributed by atoms with Crippen LogP contribution < -0.4 is 0 Å². The Balaban J connectivity index is 1.96. The predicted molar refractivity (Wildman–Crippen MR) is 75.3 cm³/mol. The smallest absolute Gasteiger partial charge is 0.0991 e. The summed E-state index contributed by atoms with van der Waals surface area (Å²) < 4.78 is 13.7. The van der Waals surface area contributed by atoms with Gasteiger partial charge in [-0.15, -0.1) is 0 Å². The summed E-state index contributed by atoms with van der Waals surface area (Å²) in [5, 5.41) is 8.79. The molecule has 1 aromatic carbocycles. The van der Waals surface area contributed by atoms with Crippen molar-refractivity contribution in [3.05, 3.63) is 47.3 Å². The second-order valence-corrected chi connectivity index (χ2v) is 5.28. The van der Waals surface area contributed by atoms with Crippen LogP contribution in [-0.2, 0) is 0 Å². The fourth-order valence-electron chi connectivity index (χ4n) is 2.89. The molecular weight excluding hydrogens is 237 g/mol. The number of nitriles is 1. The first-order valence-corrected chi connectivity index (χ1v) is 7.10. The van der Waals surface area contributed by atoms with E-state index in [9.17, 15) is 4.39 Å². The van der Waals surface area contributed by atoms with Crippen molar-refractivity contribution >= 4 is 0 Å². The molecule has 0 amide bonds. The van der Waals surface area contributed by atoms with Crippen molar-refractivity contribution in [3.63, 3.8) is 0 Å². The first-order chi connectivity index (χ1) is 9.24. The Bertz CT molecular complexity index is 473. The maximum absolute atomic E-state index is 13.7. The number of halogens is 1. The van der Waals surface area contributed by atoms with Gasteiger partial charge in [-0.05, 0) is 55.7 Å². The van der Waals surface area contributed by atoms with Gasteiger partial charge in [0, 0.05) is 5.92 Å². The van der Waals surface area contributed by atoms with Gasteiger partial charge in [0.2, 0.25) is 0 Å². The number of rotatable bonds is 3. The van der Waals surface area contributed by atoms with E-state index in [1.54, 1.807) is 6.08 Å². The summed E-state index contributed by atoms with van der Waals surface area (Å²) in [7, 11) is 0. The molecule has 0 N–H and O–H groups in total. The van der Waals surface area contributed by atoms with Crippen molar-refractivity contribution < 1.29 is 4.39 Å². The Morgan fingerprint density at radius 3 is 2.42 bits per heavy atom. The molecule has 0 unspecified atom stereocenters. The zero-order chi connectivity index (χ0) is 13.7. The highest BCUT2D eigenvalue weighted by molar-refractivity contribution is 5.33. The molecule has 2 heteroatoms. The van der Waals surface area contributed by atoms with E-state index in [1.165, 1.54) is 5.56 Å². The van der Waals surface area contributed by atoms with E-state index < -0.39 is 0 Å². The molecule has 1 aliphatic rings. The maximum atomic E-state index is 13.7. The molecule has 1 aliphatic carbocycles. The molecule has 100 valence electrons. The Kier molecular flexibility index (Phi) is 4.74. The summed E-state index contributed by atoms with van der Waals surface area (Å²) in [5.74, 6) is 0.744. The van der Waals surface area contributed by atoms with E-state index in [4.69, 9.17) is 5.26 Å². The van der Waals surface area contributed by atoms with Gasteiger partial charge in [0.15, 0.2) is 0 Å². The summed E-state index contributed by atoms with van der Waals surface area (Å²) in [6, 6.07) is 9.97. The van der Waals surface area contributed by atoms with Crippen LogP contribution in [0.4, 0.5) is 4.39 Å².